The fraction of sp³-hybridized carbons (Fsp3) is 0.429. The fourth-order valence-corrected chi connectivity index (χ4v) is 1.87. The minimum Gasteiger partial charge on any atom is -0.496 e. The van der Waals surface area contributed by atoms with Crippen molar-refractivity contribution < 1.29 is 4.74 Å². The van der Waals surface area contributed by atoms with Gasteiger partial charge in [0.15, 0.2) is 0 Å². The number of terminal acetylenes is 1. The number of benzene rings is 1. The molecule has 1 unspecified atom stereocenters. The number of unbranched alkanes of at least 4 members (excludes halogenated alkanes) is 1. The van der Waals surface area contributed by atoms with Gasteiger partial charge in [0.25, 0.3) is 0 Å². The Bertz CT molecular complexity index is 396. The highest BCUT2D eigenvalue weighted by atomic mass is 16.5. The first-order valence-electron chi connectivity index (χ1n) is 5.77. The molecule has 0 radical (unpaired) electrons. The first-order valence-corrected chi connectivity index (χ1v) is 5.77. The van der Waals surface area contributed by atoms with Crippen molar-refractivity contribution in [1.29, 1.82) is 0 Å². The lowest BCUT2D eigenvalue weighted by Gasteiger charge is -2.17. The first-order chi connectivity index (χ1) is 8.22. The molecule has 0 fully saturated rings. The Kier molecular flexibility index (Phi) is 5.55. The maximum atomic E-state index is 5.57. The molecule has 0 bridgehead atoms. The summed E-state index contributed by atoms with van der Waals surface area (Å²) in [6.07, 6.45) is 7.93. The van der Waals surface area contributed by atoms with Crippen molar-refractivity contribution >= 4 is 0 Å². The smallest absolute Gasteiger partial charge is 0.121 e. The highest BCUT2D eigenvalue weighted by Crippen LogP contribution is 2.24. The van der Waals surface area contributed by atoms with Crippen LogP contribution in [-0.4, -0.2) is 7.11 Å². The summed E-state index contributed by atoms with van der Waals surface area (Å²) < 4.78 is 5.23. The number of ether oxygens (including phenoxy) is 1. The summed E-state index contributed by atoms with van der Waals surface area (Å²) in [6, 6.07) is 6.25. The van der Waals surface area contributed by atoms with Crippen LogP contribution in [0.1, 0.15) is 36.4 Å². The molecule has 0 heterocycles. The summed E-state index contributed by atoms with van der Waals surface area (Å²) in [6.45, 7) is 2.03. The zero-order chi connectivity index (χ0) is 12.7. The summed E-state index contributed by atoms with van der Waals surface area (Å²) in [5, 5.41) is 0. The van der Waals surface area contributed by atoms with E-state index < -0.39 is 0 Å². The molecule has 0 spiro atoms. The van der Waals surface area contributed by atoms with Gasteiger partial charge < -0.3 is 4.74 Å². The van der Waals surface area contributed by atoms with E-state index in [1.807, 2.05) is 19.1 Å². The van der Waals surface area contributed by atoms with Gasteiger partial charge in [0.2, 0.25) is 0 Å². The second-order valence-electron chi connectivity index (χ2n) is 4.04. The Morgan fingerprint density at radius 3 is 2.82 bits per heavy atom. The highest BCUT2D eigenvalue weighted by molar-refractivity contribution is 5.37. The number of aryl methyl sites for hydroxylation is 1. The molecule has 0 aromatic heterocycles. The van der Waals surface area contributed by atoms with Crippen LogP contribution in [0.25, 0.3) is 0 Å². The fourth-order valence-electron chi connectivity index (χ4n) is 1.87. The number of methoxy groups -OCH3 is 1. The molecule has 0 aliphatic carbocycles. The van der Waals surface area contributed by atoms with Crippen molar-refractivity contribution in [1.82, 2.24) is 5.43 Å². The van der Waals surface area contributed by atoms with E-state index in [9.17, 15) is 0 Å². The molecule has 3 nitrogen and oxygen atoms in total. The van der Waals surface area contributed by atoms with Crippen molar-refractivity contribution in [2.75, 3.05) is 7.11 Å². The van der Waals surface area contributed by atoms with Crippen molar-refractivity contribution in [2.24, 2.45) is 5.84 Å². The number of hydrazine groups is 1. The lowest BCUT2D eigenvalue weighted by molar-refractivity contribution is 0.411. The second kappa shape index (κ2) is 6.95. The molecule has 1 aromatic rings. The summed E-state index contributed by atoms with van der Waals surface area (Å²) in [5.74, 6) is 9.11. The molecule has 17 heavy (non-hydrogen) atoms. The van der Waals surface area contributed by atoms with Gasteiger partial charge in [0.05, 0.1) is 7.11 Å². The summed E-state index contributed by atoms with van der Waals surface area (Å²) in [7, 11) is 1.67. The zero-order valence-electron chi connectivity index (χ0n) is 10.5. The Morgan fingerprint density at radius 1 is 1.53 bits per heavy atom. The molecule has 0 amide bonds. The van der Waals surface area contributed by atoms with E-state index >= 15 is 0 Å². The van der Waals surface area contributed by atoms with Crippen molar-refractivity contribution in [3.8, 4) is 18.1 Å². The summed E-state index contributed by atoms with van der Waals surface area (Å²) >= 11 is 0. The first kappa shape index (κ1) is 13.6. The maximum Gasteiger partial charge on any atom is 0.121 e. The standard InChI is InChI=1S/C14H20N2O/c1-4-5-6-7-13(16-15)12-8-9-14(17-3)11(2)10-12/h1,8-10,13,16H,5-7,15H2,2-3H3. The van der Waals surface area contributed by atoms with E-state index in [2.05, 4.69) is 17.4 Å². The quantitative estimate of drug-likeness (QED) is 0.342. The molecule has 1 aromatic carbocycles. The normalized spacial score (nSPS) is 11.9. The van der Waals surface area contributed by atoms with Crippen LogP contribution in [0.5, 0.6) is 5.75 Å². The zero-order valence-corrected chi connectivity index (χ0v) is 10.5. The van der Waals surface area contributed by atoms with Gasteiger partial charge in [-0.15, -0.1) is 12.3 Å². The largest absolute Gasteiger partial charge is 0.496 e. The van der Waals surface area contributed by atoms with E-state index in [0.717, 1.165) is 30.6 Å². The van der Waals surface area contributed by atoms with Crippen LogP contribution >= 0.6 is 0 Å². The third-order valence-electron chi connectivity index (χ3n) is 2.84. The highest BCUT2D eigenvalue weighted by Gasteiger charge is 2.10. The van der Waals surface area contributed by atoms with Gasteiger partial charge in [0.1, 0.15) is 5.75 Å². The monoisotopic (exact) mass is 232 g/mol. The molecule has 0 aliphatic rings. The minimum atomic E-state index is 0.146. The Labute approximate surface area is 103 Å². The van der Waals surface area contributed by atoms with E-state index in [1.165, 1.54) is 5.56 Å². The van der Waals surface area contributed by atoms with Crippen LogP contribution in [0.4, 0.5) is 0 Å². The topological polar surface area (TPSA) is 47.3 Å². The van der Waals surface area contributed by atoms with Gasteiger partial charge in [-0.1, -0.05) is 12.1 Å². The summed E-state index contributed by atoms with van der Waals surface area (Å²) in [5.41, 5.74) is 5.11. The number of nitrogens with two attached hydrogens (primary N) is 1. The predicted octanol–water partition coefficient (Wildman–Crippen LogP) is 2.31. The molecular weight excluding hydrogens is 212 g/mol. The lowest BCUT2D eigenvalue weighted by Crippen LogP contribution is -2.28. The van der Waals surface area contributed by atoms with Crippen molar-refractivity contribution in [3.05, 3.63) is 29.3 Å². The maximum absolute atomic E-state index is 5.57. The molecular formula is C14H20N2O. The lowest BCUT2D eigenvalue weighted by atomic mass is 9.99. The number of hydrogen-bond donors (Lipinski definition) is 2. The third-order valence-corrected chi connectivity index (χ3v) is 2.84. The number of nitrogens with one attached hydrogen (secondary N) is 1. The minimum absolute atomic E-state index is 0.146. The van der Waals surface area contributed by atoms with E-state index in [1.54, 1.807) is 7.11 Å². The average molecular weight is 232 g/mol. The Hall–Kier alpha value is -1.50. The van der Waals surface area contributed by atoms with Crippen LogP contribution in [0.3, 0.4) is 0 Å². The van der Waals surface area contributed by atoms with E-state index in [-0.39, 0.29) is 6.04 Å². The molecule has 0 saturated carbocycles. The SMILES string of the molecule is C#CCCCC(NN)c1ccc(OC)c(C)c1. The van der Waals surface area contributed by atoms with Gasteiger partial charge in [-0.05, 0) is 37.0 Å². The Balaban J connectivity index is 2.75. The third kappa shape index (κ3) is 3.77. The van der Waals surface area contributed by atoms with Crippen LogP contribution in [0.15, 0.2) is 18.2 Å². The van der Waals surface area contributed by atoms with Gasteiger partial charge in [-0.25, -0.2) is 0 Å². The van der Waals surface area contributed by atoms with E-state index in [0.29, 0.717) is 0 Å². The molecule has 0 aliphatic heterocycles. The molecule has 1 rings (SSSR count). The van der Waals surface area contributed by atoms with Gasteiger partial charge in [-0.3, -0.25) is 11.3 Å². The van der Waals surface area contributed by atoms with Gasteiger partial charge >= 0.3 is 0 Å². The molecule has 3 heteroatoms. The van der Waals surface area contributed by atoms with Crippen molar-refractivity contribution in [3.63, 3.8) is 0 Å². The number of rotatable bonds is 6. The van der Waals surface area contributed by atoms with E-state index in [4.69, 9.17) is 17.0 Å². The van der Waals surface area contributed by atoms with Crippen LogP contribution < -0.4 is 16.0 Å². The van der Waals surface area contributed by atoms with Crippen molar-refractivity contribution in [2.45, 2.75) is 32.2 Å². The van der Waals surface area contributed by atoms with Crippen LogP contribution in [-0.2, 0) is 0 Å². The van der Waals surface area contributed by atoms with Crippen LogP contribution in [0, 0.1) is 19.3 Å². The molecule has 0 saturated heterocycles. The van der Waals surface area contributed by atoms with Gasteiger partial charge in [0, 0.05) is 12.5 Å². The molecule has 1 atom stereocenters. The number of hydrogen-bond acceptors (Lipinski definition) is 3. The summed E-state index contributed by atoms with van der Waals surface area (Å²) in [4.78, 5) is 0. The molecule has 92 valence electrons. The van der Waals surface area contributed by atoms with Gasteiger partial charge in [-0.2, -0.15) is 0 Å². The Morgan fingerprint density at radius 2 is 2.29 bits per heavy atom. The second-order valence-corrected chi connectivity index (χ2v) is 4.04. The predicted molar refractivity (Wildman–Crippen MR) is 70.5 cm³/mol. The average Bonchev–Trinajstić information content (AvgIpc) is 2.35. The van der Waals surface area contributed by atoms with Crippen LogP contribution in [0.2, 0.25) is 0 Å². The molecule has 3 N–H and O–H groups in total.